The van der Waals surface area contributed by atoms with Gasteiger partial charge in [0.15, 0.2) is 0 Å². The minimum absolute atomic E-state index is 0.198. The summed E-state index contributed by atoms with van der Waals surface area (Å²) in [7, 11) is 0. The largest absolute Gasteiger partial charge is 0.438 e. The lowest BCUT2D eigenvalue weighted by Gasteiger charge is -2.28. The highest BCUT2D eigenvalue weighted by Gasteiger charge is 2.28. The maximum Gasteiger partial charge on any atom is 0.227 e. The smallest absolute Gasteiger partial charge is 0.227 e. The minimum atomic E-state index is -0.198. The van der Waals surface area contributed by atoms with Gasteiger partial charge in [-0.2, -0.15) is 0 Å². The van der Waals surface area contributed by atoms with Crippen LogP contribution in [-0.2, 0) is 0 Å². The van der Waals surface area contributed by atoms with E-state index in [1.165, 1.54) is 0 Å². The van der Waals surface area contributed by atoms with Gasteiger partial charge in [-0.05, 0) is 17.7 Å². The molecule has 4 heteroatoms. The number of aliphatic imine (C=N–C) groups is 1. The van der Waals surface area contributed by atoms with Gasteiger partial charge in [0.2, 0.25) is 5.90 Å². The summed E-state index contributed by atoms with van der Waals surface area (Å²) in [6.45, 7) is 0. The summed E-state index contributed by atoms with van der Waals surface area (Å²) in [5.41, 5.74) is 2.93. The molecule has 0 saturated heterocycles. The van der Waals surface area contributed by atoms with E-state index in [2.05, 4.69) is 10.3 Å². The van der Waals surface area contributed by atoms with Crippen molar-refractivity contribution in [2.75, 3.05) is 0 Å². The summed E-state index contributed by atoms with van der Waals surface area (Å²) >= 11 is 5.47. The van der Waals surface area contributed by atoms with Crippen molar-refractivity contribution in [1.82, 2.24) is 5.32 Å². The molecule has 3 nitrogen and oxygen atoms in total. The van der Waals surface area contributed by atoms with Gasteiger partial charge < -0.3 is 10.1 Å². The predicted octanol–water partition coefficient (Wildman–Crippen LogP) is 3.49. The van der Waals surface area contributed by atoms with Gasteiger partial charge in [0.25, 0.3) is 0 Å². The van der Waals surface area contributed by atoms with E-state index < -0.39 is 0 Å². The summed E-state index contributed by atoms with van der Waals surface area (Å²) in [6.07, 6.45) is 1.82. The Balaban J connectivity index is 1.78. The normalized spacial score (nSPS) is 19.4. The van der Waals surface area contributed by atoms with Gasteiger partial charge in [-0.25, -0.2) is 4.99 Å². The highest BCUT2D eigenvalue weighted by molar-refractivity contribution is 7.80. The van der Waals surface area contributed by atoms with Crippen LogP contribution in [0.15, 0.2) is 65.2 Å². The van der Waals surface area contributed by atoms with Crippen molar-refractivity contribution in [2.24, 2.45) is 4.99 Å². The molecule has 2 aromatic rings. The molecule has 2 heterocycles. The van der Waals surface area contributed by atoms with Crippen molar-refractivity contribution in [3.8, 4) is 5.75 Å². The summed E-state index contributed by atoms with van der Waals surface area (Å²) in [5.74, 6) is 1.41. The third-order valence-corrected chi connectivity index (χ3v) is 3.87. The number of para-hydroxylation sites is 1. The van der Waals surface area contributed by atoms with E-state index in [0.29, 0.717) is 10.9 Å². The molecule has 0 aliphatic carbocycles. The van der Waals surface area contributed by atoms with Crippen molar-refractivity contribution in [2.45, 2.75) is 6.17 Å². The van der Waals surface area contributed by atoms with Gasteiger partial charge in [0.05, 0.1) is 5.57 Å². The number of thiocarbonyl (C=S) groups is 1. The lowest BCUT2D eigenvalue weighted by atomic mass is 10.0. The second-order valence-electron chi connectivity index (χ2n) is 4.92. The number of ether oxygens (including phenoxy) is 1. The van der Waals surface area contributed by atoms with Crippen LogP contribution in [0.25, 0.3) is 6.08 Å². The standard InChI is InChI=1S/C17H12N2OS/c21-17-13-10-12-8-4-5-9-14(12)20-16(13)18-15(19-17)11-6-2-1-3-7-11/h1-10,15H,(H,19,21). The zero-order chi connectivity index (χ0) is 14.2. The second kappa shape index (κ2) is 4.82. The van der Waals surface area contributed by atoms with Crippen LogP contribution in [0.4, 0.5) is 0 Å². The first-order valence-electron chi connectivity index (χ1n) is 6.74. The summed E-state index contributed by atoms with van der Waals surface area (Å²) in [5, 5.41) is 3.26. The first-order valence-corrected chi connectivity index (χ1v) is 7.15. The molecule has 0 bridgehead atoms. The molecule has 0 fully saturated rings. The number of benzene rings is 2. The molecule has 0 amide bonds. The maximum atomic E-state index is 5.91. The lowest BCUT2D eigenvalue weighted by molar-refractivity contribution is 0.523. The van der Waals surface area contributed by atoms with Gasteiger partial charge >= 0.3 is 0 Å². The molecule has 0 spiro atoms. The summed E-state index contributed by atoms with van der Waals surface area (Å²) in [6, 6.07) is 17.9. The zero-order valence-electron chi connectivity index (χ0n) is 11.1. The molecular weight excluding hydrogens is 280 g/mol. The van der Waals surface area contributed by atoms with Crippen molar-refractivity contribution in [3.63, 3.8) is 0 Å². The number of fused-ring (bicyclic) bond motifs is 2. The molecule has 102 valence electrons. The topological polar surface area (TPSA) is 33.6 Å². The van der Waals surface area contributed by atoms with Gasteiger partial charge in [0, 0.05) is 5.56 Å². The molecule has 21 heavy (non-hydrogen) atoms. The Labute approximate surface area is 128 Å². The highest BCUT2D eigenvalue weighted by atomic mass is 32.1. The van der Waals surface area contributed by atoms with Crippen molar-refractivity contribution < 1.29 is 4.74 Å². The highest BCUT2D eigenvalue weighted by Crippen LogP contribution is 2.31. The molecule has 4 rings (SSSR count). The Kier molecular flexibility index (Phi) is 2.82. The number of hydrogen-bond donors (Lipinski definition) is 1. The Morgan fingerprint density at radius 2 is 1.76 bits per heavy atom. The van der Waals surface area contributed by atoms with Crippen LogP contribution < -0.4 is 10.1 Å². The van der Waals surface area contributed by atoms with E-state index in [9.17, 15) is 0 Å². The molecular formula is C17H12N2OS. The van der Waals surface area contributed by atoms with Crippen LogP contribution in [-0.4, -0.2) is 10.9 Å². The van der Waals surface area contributed by atoms with E-state index in [4.69, 9.17) is 17.0 Å². The number of hydrogen-bond acceptors (Lipinski definition) is 3. The van der Waals surface area contributed by atoms with E-state index in [1.807, 2.05) is 60.7 Å². The molecule has 0 radical (unpaired) electrons. The molecule has 0 aromatic heterocycles. The number of rotatable bonds is 1. The van der Waals surface area contributed by atoms with E-state index >= 15 is 0 Å². The molecule has 1 atom stereocenters. The van der Waals surface area contributed by atoms with Crippen LogP contribution in [0.2, 0.25) is 0 Å². The number of nitrogens with one attached hydrogen (secondary N) is 1. The first kappa shape index (κ1) is 12.3. The lowest BCUT2D eigenvalue weighted by Crippen LogP contribution is -2.38. The SMILES string of the molecule is S=C1NC(c2ccccc2)N=C2Oc3ccccc3C=C12. The summed E-state index contributed by atoms with van der Waals surface area (Å²) < 4.78 is 5.91. The Morgan fingerprint density at radius 3 is 2.62 bits per heavy atom. The van der Waals surface area contributed by atoms with E-state index in [-0.39, 0.29) is 6.17 Å². The fraction of sp³-hybridized carbons (Fsp3) is 0.0588. The van der Waals surface area contributed by atoms with Crippen LogP contribution >= 0.6 is 12.2 Å². The molecule has 0 saturated carbocycles. The van der Waals surface area contributed by atoms with Crippen LogP contribution in [0.5, 0.6) is 5.75 Å². The average molecular weight is 292 g/mol. The first-order chi connectivity index (χ1) is 10.3. The van der Waals surface area contributed by atoms with E-state index in [1.54, 1.807) is 0 Å². The quantitative estimate of drug-likeness (QED) is 0.817. The Bertz CT molecular complexity index is 780. The number of nitrogens with zero attached hydrogens (tertiary/aromatic N) is 1. The van der Waals surface area contributed by atoms with Crippen LogP contribution in [0.1, 0.15) is 17.3 Å². The molecule has 2 aliphatic heterocycles. The molecule has 1 unspecified atom stereocenters. The third kappa shape index (κ3) is 2.14. The monoisotopic (exact) mass is 292 g/mol. The van der Waals surface area contributed by atoms with Crippen LogP contribution in [0.3, 0.4) is 0 Å². The fourth-order valence-electron chi connectivity index (χ4n) is 2.47. The average Bonchev–Trinajstić information content (AvgIpc) is 2.54. The molecule has 2 aromatic carbocycles. The van der Waals surface area contributed by atoms with Crippen molar-refractivity contribution in [3.05, 3.63) is 71.3 Å². The predicted molar refractivity (Wildman–Crippen MR) is 87.4 cm³/mol. The van der Waals surface area contributed by atoms with Crippen LogP contribution in [0, 0.1) is 0 Å². The zero-order valence-corrected chi connectivity index (χ0v) is 11.9. The molecule has 1 N–H and O–H groups in total. The van der Waals surface area contributed by atoms with Gasteiger partial charge in [-0.3, -0.25) is 0 Å². The Hall–Kier alpha value is -2.46. The van der Waals surface area contributed by atoms with Gasteiger partial charge in [0.1, 0.15) is 16.9 Å². The second-order valence-corrected chi connectivity index (χ2v) is 5.33. The summed E-state index contributed by atoms with van der Waals surface area (Å²) in [4.78, 5) is 5.32. The van der Waals surface area contributed by atoms with Crippen molar-refractivity contribution in [1.29, 1.82) is 0 Å². The Morgan fingerprint density at radius 1 is 1.00 bits per heavy atom. The fourth-order valence-corrected chi connectivity index (χ4v) is 2.73. The third-order valence-electron chi connectivity index (χ3n) is 3.53. The maximum absolute atomic E-state index is 5.91. The molecule has 2 aliphatic rings. The van der Waals surface area contributed by atoms with E-state index in [0.717, 1.165) is 22.4 Å². The minimum Gasteiger partial charge on any atom is -0.438 e. The van der Waals surface area contributed by atoms with Crippen molar-refractivity contribution >= 4 is 29.2 Å². The van der Waals surface area contributed by atoms with Gasteiger partial charge in [-0.1, -0.05) is 60.7 Å². The van der Waals surface area contributed by atoms with Gasteiger partial charge in [-0.15, -0.1) is 0 Å².